The number of β-lactam (4-membered cyclic amide) rings is 1. The van der Waals surface area contributed by atoms with Gasteiger partial charge in [-0.05, 0) is 18.6 Å². The quantitative estimate of drug-likeness (QED) is 0.125. The molecule has 0 bridgehead atoms. The molecule has 1 saturated heterocycles. The number of nitrogens with two attached hydrogens (primary N) is 2. The number of nitrogen functional groups attached to an aromatic ring is 1. The number of thioether (sulfide) groups is 1. The van der Waals surface area contributed by atoms with Crippen LogP contribution in [0.5, 0.6) is 0 Å². The number of oxime groups is 1. The number of nitrogens with one attached hydrogen (secondary N) is 1. The summed E-state index contributed by atoms with van der Waals surface area (Å²) in [7, 11) is 0. The topological polar surface area (TPSA) is 210 Å². The predicted octanol–water partition coefficient (Wildman–Crippen LogP) is -2.09. The fourth-order valence-electron chi connectivity index (χ4n) is 3.67. The summed E-state index contributed by atoms with van der Waals surface area (Å²) in [5, 5.41) is 17.7. The number of carboxylic acids is 1. The number of nitrogens with zero attached hydrogens (tertiary/aromatic N) is 5. The molecule has 4 heterocycles. The van der Waals surface area contributed by atoms with Gasteiger partial charge < -0.3 is 31.5 Å². The van der Waals surface area contributed by atoms with Gasteiger partial charge in [0.2, 0.25) is 17.4 Å². The lowest BCUT2D eigenvalue weighted by atomic mass is 10.0. The Morgan fingerprint density at radius 2 is 2.11 bits per heavy atom. The van der Waals surface area contributed by atoms with Crippen molar-refractivity contribution in [3.63, 3.8) is 0 Å². The summed E-state index contributed by atoms with van der Waals surface area (Å²) in [5.41, 5.74) is 11.1. The fourth-order valence-corrected chi connectivity index (χ4v) is 5.43. The molecule has 16 heteroatoms. The van der Waals surface area contributed by atoms with Crippen molar-refractivity contribution in [2.24, 2.45) is 10.9 Å². The number of anilines is 1. The molecule has 2 aliphatic heterocycles. The first-order valence-corrected chi connectivity index (χ1v) is 13.0. The Morgan fingerprint density at radius 1 is 1.37 bits per heavy atom. The van der Waals surface area contributed by atoms with Crippen LogP contribution in [0.15, 0.2) is 53.1 Å². The molecule has 2 aromatic heterocycles. The minimum atomic E-state index is -1.51. The molecule has 0 saturated carbocycles. The Kier molecular flexibility index (Phi) is 8.02. The summed E-state index contributed by atoms with van der Waals surface area (Å²) >= 11 is 2.16. The van der Waals surface area contributed by atoms with Crippen LogP contribution in [0.3, 0.4) is 0 Å². The van der Waals surface area contributed by atoms with Gasteiger partial charge in [0.05, 0.1) is 17.2 Å². The van der Waals surface area contributed by atoms with Crippen molar-refractivity contribution >= 4 is 57.8 Å². The lowest BCUT2D eigenvalue weighted by Gasteiger charge is -2.50. The third-order valence-electron chi connectivity index (χ3n) is 5.44. The molecule has 3 amide bonds. The second kappa shape index (κ2) is 11.4. The Morgan fingerprint density at radius 3 is 2.71 bits per heavy atom. The number of primary amides is 1. The zero-order valence-corrected chi connectivity index (χ0v) is 21.5. The van der Waals surface area contributed by atoms with E-state index in [4.69, 9.17) is 16.3 Å². The molecular weight excluding hydrogens is 536 g/mol. The number of rotatable bonds is 10. The average Bonchev–Trinajstić information content (AvgIpc) is 3.32. The van der Waals surface area contributed by atoms with E-state index in [1.165, 1.54) is 11.8 Å². The largest absolute Gasteiger partial charge is 0.543 e. The monoisotopic (exact) mass is 558 g/mol. The van der Waals surface area contributed by atoms with Crippen molar-refractivity contribution in [1.29, 1.82) is 0 Å². The van der Waals surface area contributed by atoms with Crippen molar-refractivity contribution in [3.05, 3.63) is 59.3 Å². The number of allylic oxidation sites excluding steroid dienone is 2. The molecule has 2 aliphatic rings. The number of aromatic nitrogens is 3. The molecule has 2 atom stereocenters. The van der Waals surface area contributed by atoms with Crippen LogP contribution in [0.2, 0.25) is 0 Å². The third-order valence-corrected chi connectivity index (χ3v) is 7.29. The summed E-state index contributed by atoms with van der Waals surface area (Å²) in [6, 6.07) is 2.13. The van der Waals surface area contributed by atoms with Gasteiger partial charge in [-0.3, -0.25) is 19.3 Å². The van der Waals surface area contributed by atoms with Crippen molar-refractivity contribution in [3.8, 4) is 0 Å². The van der Waals surface area contributed by atoms with Crippen molar-refractivity contribution in [1.82, 2.24) is 19.6 Å². The van der Waals surface area contributed by atoms with Gasteiger partial charge in [-0.15, -0.1) is 11.8 Å². The molecule has 0 radical (unpaired) electrons. The molecule has 5 N–H and O–H groups in total. The van der Waals surface area contributed by atoms with E-state index in [9.17, 15) is 24.3 Å². The summed E-state index contributed by atoms with van der Waals surface area (Å²) in [6.45, 7) is 2.23. The smallest absolute Gasteiger partial charge is 0.278 e. The maximum atomic E-state index is 12.9. The number of carbonyl (C=O) groups is 4. The van der Waals surface area contributed by atoms with Crippen molar-refractivity contribution in [2.45, 2.75) is 24.9 Å². The maximum Gasteiger partial charge on any atom is 0.278 e. The van der Waals surface area contributed by atoms with Crippen LogP contribution < -0.4 is 26.5 Å². The van der Waals surface area contributed by atoms with Gasteiger partial charge in [0, 0.05) is 29.4 Å². The summed E-state index contributed by atoms with van der Waals surface area (Å²) in [6.07, 6.45) is 6.65. The van der Waals surface area contributed by atoms with Crippen LogP contribution >= 0.6 is 23.3 Å². The highest BCUT2D eigenvalue weighted by Gasteiger charge is 2.53. The number of carboxylic acid groups (broad SMARTS) is 1. The molecule has 2 aromatic rings. The molecule has 14 nitrogen and oxygen atoms in total. The first-order valence-electron chi connectivity index (χ1n) is 11.2. The normalized spacial score (nSPS) is 19.2. The van der Waals surface area contributed by atoms with E-state index < -0.39 is 35.1 Å². The van der Waals surface area contributed by atoms with Gasteiger partial charge in [0.25, 0.3) is 11.8 Å². The highest BCUT2D eigenvalue weighted by atomic mass is 32.2. The summed E-state index contributed by atoms with van der Waals surface area (Å²) in [5.74, 6) is -3.22. The van der Waals surface area contributed by atoms with Crippen LogP contribution in [0, 0.1) is 0 Å². The lowest BCUT2D eigenvalue weighted by Crippen LogP contribution is -2.71. The minimum Gasteiger partial charge on any atom is -0.543 e. The number of hydrogen-bond acceptors (Lipinski definition) is 12. The number of pyridine rings is 1. The molecule has 0 aliphatic carbocycles. The maximum absolute atomic E-state index is 12.9. The van der Waals surface area contributed by atoms with Crippen LogP contribution in [-0.2, 0) is 25.8 Å². The highest BCUT2D eigenvalue weighted by molar-refractivity contribution is 8.00. The Bertz CT molecular complexity index is 1370. The lowest BCUT2D eigenvalue weighted by molar-refractivity contribution is -0.687. The first-order chi connectivity index (χ1) is 18.2. The third kappa shape index (κ3) is 5.50. The van der Waals surface area contributed by atoms with E-state index in [1.807, 2.05) is 0 Å². The molecule has 1 unspecified atom stereocenters. The molecule has 0 aromatic carbocycles. The van der Waals surface area contributed by atoms with Gasteiger partial charge in [0.1, 0.15) is 18.0 Å². The molecule has 38 heavy (non-hydrogen) atoms. The van der Waals surface area contributed by atoms with Crippen LogP contribution in [0.25, 0.3) is 0 Å². The standard InChI is InChI=1S/C22H22N8O6S2/c1-2-36-27-13(17-26-22(24)38-28-17)18(32)25-14-19(33)30-15(21(34)35)12(10-37-20(14)30)4-3-7-29-8-5-11(6-9-29)16(23)31/h3-6,8-9,14,20H,2,7,10H2,1H3,(H5-,23,24,25,26,28,31,32,34,35)/t14?,20-/m1/s1. The van der Waals surface area contributed by atoms with Gasteiger partial charge >= 0.3 is 0 Å². The zero-order valence-electron chi connectivity index (χ0n) is 19.9. The van der Waals surface area contributed by atoms with Gasteiger partial charge in [-0.1, -0.05) is 11.2 Å². The van der Waals surface area contributed by atoms with Crippen LogP contribution in [0.4, 0.5) is 5.13 Å². The molecule has 4 rings (SSSR count). The minimum absolute atomic E-state index is 0.0525. The van der Waals surface area contributed by atoms with Crippen molar-refractivity contribution in [2.75, 3.05) is 18.1 Å². The second-order valence-corrected chi connectivity index (χ2v) is 9.77. The fraction of sp³-hybridized carbons (Fsp3) is 0.273. The number of fused-ring (bicyclic) bond motifs is 1. The number of aliphatic carboxylic acids is 1. The Labute approximate surface area is 224 Å². The van der Waals surface area contributed by atoms with E-state index in [0.717, 1.165) is 16.4 Å². The molecule has 198 valence electrons. The predicted molar refractivity (Wildman–Crippen MR) is 134 cm³/mol. The van der Waals surface area contributed by atoms with Gasteiger partial charge in [-0.25, -0.2) is 4.57 Å². The molecule has 0 spiro atoms. The number of amides is 3. The van der Waals surface area contributed by atoms with E-state index >= 15 is 0 Å². The van der Waals surface area contributed by atoms with E-state index in [-0.39, 0.29) is 34.7 Å². The molecular formula is C22H22N8O6S2. The van der Waals surface area contributed by atoms with E-state index in [0.29, 0.717) is 17.7 Å². The van der Waals surface area contributed by atoms with E-state index in [2.05, 4.69) is 19.8 Å². The van der Waals surface area contributed by atoms with E-state index in [1.54, 1.807) is 48.2 Å². The highest BCUT2D eigenvalue weighted by Crippen LogP contribution is 2.40. The number of hydrogen-bond donors (Lipinski definition) is 3. The van der Waals surface area contributed by atoms with Crippen LogP contribution in [0.1, 0.15) is 23.1 Å². The SMILES string of the molecule is CCON=C(C(=O)NC1C(=O)N2C(C(=O)[O-])=C(C=CC[n+]3ccc(C(N)=O)cc3)CS[C@H]12)c1nsc(N)n1. The van der Waals surface area contributed by atoms with Gasteiger partial charge in [-0.2, -0.15) is 9.36 Å². The summed E-state index contributed by atoms with van der Waals surface area (Å²) < 4.78 is 5.72. The van der Waals surface area contributed by atoms with Crippen LogP contribution in [-0.4, -0.2) is 67.4 Å². The van der Waals surface area contributed by atoms with Gasteiger partial charge in [0.15, 0.2) is 24.1 Å². The van der Waals surface area contributed by atoms with Crippen molar-refractivity contribution < 1.29 is 33.7 Å². The second-order valence-electron chi connectivity index (χ2n) is 7.89. The summed E-state index contributed by atoms with van der Waals surface area (Å²) in [4.78, 5) is 59.0. The first kappa shape index (κ1) is 26.7. The average molecular weight is 559 g/mol. The number of carbonyl (C=O) groups excluding carboxylic acids is 4. The zero-order chi connectivity index (χ0) is 27.4. The molecule has 1 fully saturated rings. The Balaban J connectivity index is 1.47. The Hall–Kier alpha value is -4.31.